The molecule has 2 heteroatoms. The number of nitrogens with one attached hydrogen (secondary N) is 1. The van der Waals surface area contributed by atoms with Crippen molar-refractivity contribution in [1.82, 2.24) is 5.32 Å². The minimum Gasteiger partial charge on any atom is -0.314 e. The average molecular weight is 209 g/mol. The highest BCUT2D eigenvalue weighted by Gasteiger charge is 2.05. The van der Waals surface area contributed by atoms with Gasteiger partial charge in [-0.15, -0.1) is 0 Å². The number of hydrogen-bond donors (Lipinski definition) is 1. The van der Waals surface area contributed by atoms with E-state index < -0.39 is 0 Å². The third-order valence-corrected chi connectivity index (χ3v) is 2.57. The zero-order valence-corrected chi connectivity index (χ0v) is 9.81. The van der Waals surface area contributed by atoms with Crippen LogP contribution in [0.1, 0.15) is 31.4 Å². The smallest absolute Gasteiger partial charge is 0.123 e. The predicted octanol–water partition coefficient (Wildman–Crippen LogP) is 3.06. The van der Waals surface area contributed by atoms with Crippen LogP contribution >= 0.6 is 0 Å². The summed E-state index contributed by atoms with van der Waals surface area (Å²) < 4.78 is 12.9. The van der Waals surface area contributed by atoms with Crippen LogP contribution in [0, 0.1) is 12.7 Å². The summed E-state index contributed by atoms with van der Waals surface area (Å²) in [5, 5.41) is 3.43. The summed E-state index contributed by atoms with van der Waals surface area (Å²) in [6, 6.07) is 5.47. The lowest BCUT2D eigenvalue weighted by atomic mass is 10.0. The molecule has 1 atom stereocenters. The van der Waals surface area contributed by atoms with Crippen molar-refractivity contribution in [1.29, 1.82) is 0 Å². The summed E-state index contributed by atoms with van der Waals surface area (Å²) in [4.78, 5) is 0. The molecule has 0 fully saturated rings. The third kappa shape index (κ3) is 4.00. The van der Waals surface area contributed by atoms with Crippen molar-refractivity contribution in [2.75, 3.05) is 6.54 Å². The lowest BCUT2D eigenvalue weighted by molar-refractivity contribution is 0.541. The molecular weight excluding hydrogens is 189 g/mol. The van der Waals surface area contributed by atoms with Crippen LogP contribution in [0.5, 0.6) is 0 Å². The highest BCUT2D eigenvalue weighted by molar-refractivity contribution is 5.27. The Hall–Kier alpha value is -0.890. The quantitative estimate of drug-likeness (QED) is 0.786. The maximum absolute atomic E-state index is 12.9. The maximum Gasteiger partial charge on any atom is 0.123 e. The molecule has 0 aliphatic carbocycles. The minimum atomic E-state index is -0.148. The van der Waals surface area contributed by atoms with Crippen molar-refractivity contribution in [2.45, 2.75) is 39.7 Å². The van der Waals surface area contributed by atoms with Crippen LogP contribution in [0.25, 0.3) is 0 Å². The molecule has 84 valence electrons. The summed E-state index contributed by atoms with van der Waals surface area (Å²) >= 11 is 0. The second-order valence-electron chi connectivity index (χ2n) is 4.13. The van der Waals surface area contributed by atoms with Gasteiger partial charge < -0.3 is 5.32 Å². The Morgan fingerprint density at radius 1 is 1.40 bits per heavy atom. The van der Waals surface area contributed by atoms with Crippen LogP contribution in [0.3, 0.4) is 0 Å². The van der Waals surface area contributed by atoms with Gasteiger partial charge in [0.1, 0.15) is 5.82 Å². The van der Waals surface area contributed by atoms with Gasteiger partial charge in [0.2, 0.25) is 0 Å². The highest BCUT2D eigenvalue weighted by atomic mass is 19.1. The molecule has 0 bridgehead atoms. The maximum atomic E-state index is 12.9. The van der Waals surface area contributed by atoms with Gasteiger partial charge in [0.25, 0.3) is 0 Å². The molecule has 0 radical (unpaired) electrons. The predicted molar refractivity (Wildman–Crippen MR) is 62.6 cm³/mol. The van der Waals surface area contributed by atoms with Crippen molar-refractivity contribution >= 4 is 0 Å². The summed E-state index contributed by atoms with van der Waals surface area (Å²) in [5.74, 6) is -0.148. The summed E-state index contributed by atoms with van der Waals surface area (Å²) in [7, 11) is 0. The normalized spacial score (nSPS) is 12.8. The van der Waals surface area contributed by atoms with Gasteiger partial charge in [-0.25, -0.2) is 4.39 Å². The van der Waals surface area contributed by atoms with Crippen molar-refractivity contribution in [3.8, 4) is 0 Å². The molecule has 1 rings (SSSR count). The Morgan fingerprint density at radius 2 is 2.13 bits per heavy atom. The number of halogens is 1. The molecule has 1 aromatic rings. The Balaban J connectivity index is 2.56. The van der Waals surface area contributed by atoms with Crippen LogP contribution in [-0.4, -0.2) is 12.6 Å². The van der Waals surface area contributed by atoms with Crippen LogP contribution in [0.4, 0.5) is 4.39 Å². The lowest BCUT2D eigenvalue weighted by Crippen LogP contribution is -2.28. The standard InChI is InChI=1S/C13H20FN/c1-4-7-15-11(3)9-12-5-6-13(14)8-10(12)2/h5-6,8,11,15H,4,7,9H2,1-3H3. The average Bonchev–Trinajstić information content (AvgIpc) is 2.19. The monoisotopic (exact) mass is 209 g/mol. The molecule has 1 nitrogen and oxygen atoms in total. The zero-order chi connectivity index (χ0) is 11.3. The first-order valence-corrected chi connectivity index (χ1v) is 5.62. The first-order chi connectivity index (χ1) is 7.13. The Labute approximate surface area is 91.7 Å². The molecule has 0 amide bonds. The van der Waals surface area contributed by atoms with E-state index in [0.29, 0.717) is 6.04 Å². The molecule has 0 saturated carbocycles. The van der Waals surface area contributed by atoms with Crippen molar-refractivity contribution in [3.05, 3.63) is 35.1 Å². The Bertz CT molecular complexity index is 309. The highest BCUT2D eigenvalue weighted by Crippen LogP contribution is 2.12. The molecule has 1 N–H and O–H groups in total. The Kier molecular flexibility index (Phi) is 4.76. The van der Waals surface area contributed by atoms with E-state index in [1.165, 1.54) is 11.6 Å². The Morgan fingerprint density at radius 3 is 2.73 bits per heavy atom. The second-order valence-corrected chi connectivity index (χ2v) is 4.13. The number of rotatable bonds is 5. The van der Waals surface area contributed by atoms with Crippen molar-refractivity contribution in [2.24, 2.45) is 0 Å². The summed E-state index contributed by atoms with van der Waals surface area (Å²) in [6.07, 6.45) is 2.11. The molecule has 1 unspecified atom stereocenters. The lowest BCUT2D eigenvalue weighted by Gasteiger charge is -2.14. The second kappa shape index (κ2) is 5.86. The van der Waals surface area contributed by atoms with Gasteiger partial charge in [-0.3, -0.25) is 0 Å². The van der Waals surface area contributed by atoms with E-state index in [9.17, 15) is 4.39 Å². The minimum absolute atomic E-state index is 0.148. The summed E-state index contributed by atoms with van der Waals surface area (Å²) in [5.41, 5.74) is 2.27. The fourth-order valence-electron chi connectivity index (χ4n) is 1.68. The number of hydrogen-bond acceptors (Lipinski definition) is 1. The number of benzene rings is 1. The van der Waals surface area contributed by atoms with E-state index in [1.807, 2.05) is 13.0 Å². The third-order valence-electron chi connectivity index (χ3n) is 2.57. The van der Waals surface area contributed by atoms with E-state index in [0.717, 1.165) is 24.9 Å². The van der Waals surface area contributed by atoms with Crippen LogP contribution in [-0.2, 0) is 6.42 Å². The van der Waals surface area contributed by atoms with Crippen LogP contribution in [0.15, 0.2) is 18.2 Å². The van der Waals surface area contributed by atoms with Gasteiger partial charge in [0.15, 0.2) is 0 Å². The fraction of sp³-hybridized carbons (Fsp3) is 0.538. The van der Waals surface area contributed by atoms with Gasteiger partial charge in [0.05, 0.1) is 0 Å². The molecular formula is C13H20FN. The molecule has 0 heterocycles. The van der Waals surface area contributed by atoms with Gasteiger partial charge in [-0.2, -0.15) is 0 Å². The first-order valence-electron chi connectivity index (χ1n) is 5.62. The first kappa shape index (κ1) is 12.2. The molecule has 1 aromatic carbocycles. The SMILES string of the molecule is CCCNC(C)Cc1ccc(F)cc1C. The summed E-state index contributed by atoms with van der Waals surface area (Å²) in [6.45, 7) is 7.33. The molecule has 0 aromatic heterocycles. The van der Waals surface area contributed by atoms with E-state index in [4.69, 9.17) is 0 Å². The zero-order valence-electron chi connectivity index (χ0n) is 9.81. The van der Waals surface area contributed by atoms with Crippen molar-refractivity contribution < 1.29 is 4.39 Å². The van der Waals surface area contributed by atoms with E-state index >= 15 is 0 Å². The molecule has 0 aliphatic heterocycles. The van der Waals surface area contributed by atoms with Gasteiger partial charge in [-0.05, 0) is 56.5 Å². The van der Waals surface area contributed by atoms with Crippen molar-refractivity contribution in [3.63, 3.8) is 0 Å². The number of aryl methyl sites for hydroxylation is 1. The molecule has 0 saturated heterocycles. The molecule has 0 aliphatic rings. The largest absolute Gasteiger partial charge is 0.314 e. The molecule has 15 heavy (non-hydrogen) atoms. The van der Waals surface area contributed by atoms with Gasteiger partial charge in [0, 0.05) is 6.04 Å². The molecule has 0 spiro atoms. The van der Waals surface area contributed by atoms with Gasteiger partial charge in [-0.1, -0.05) is 13.0 Å². The van der Waals surface area contributed by atoms with Gasteiger partial charge >= 0.3 is 0 Å². The van der Waals surface area contributed by atoms with E-state index in [2.05, 4.69) is 19.2 Å². The van der Waals surface area contributed by atoms with Crippen LogP contribution < -0.4 is 5.32 Å². The van der Waals surface area contributed by atoms with Crippen LogP contribution in [0.2, 0.25) is 0 Å². The fourth-order valence-corrected chi connectivity index (χ4v) is 1.68. The van der Waals surface area contributed by atoms with E-state index in [1.54, 1.807) is 6.07 Å². The van der Waals surface area contributed by atoms with E-state index in [-0.39, 0.29) is 5.82 Å². The topological polar surface area (TPSA) is 12.0 Å².